The predicted molar refractivity (Wildman–Crippen MR) is 82.1 cm³/mol. The van der Waals surface area contributed by atoms with Gasteiger partial charge in [-0.2, -0.15) is 0 Å². The molecular weight excluding hydrogens is 236 g/mol. The van der Waals surface area contributed by atoms with Gasteiger partial charge < -0.3 is 16.2 Å². The van der Waals surface area contributed by atoms with E-state index in [0.29, 0.717) is 0 Å². The molecule has 0 spiro atoms. The molecule has 3 nitrogen and oxygen atoms in total. The zero-order chi connectivity index (χ0) is 14.3. The third-order valence-electron chi connectivity index (χ3n) is 2.10. The normalized spacial score (nSPS) is 10.3. The molecule has 3 heteroatoms. The molecule has 4 N–H and O–H groups in total. The molecule has 2 aromatic rings. The average Bonchev–Trinajstić information content (AvgIpc) is 2.32. The first-order valence-corrected chi connectivity index (χ1v) is 6.22. The lowest BCUT2D eigenvalue weighted by Crippen LogP contribution is -2.22. The number of benzene rings is 2. The van der Waals surface area contributed by atoms with Crippen LogP contribution < -0.4 is 16.2 Å². The Morgan fingerprint density at radius 1 is 0.737 bits per heavy atom. The number of para-hydroxylation sites is 1. The number of ether oxygens (including phenoxy) is 1. The Bertz CT molecular complexity index is 472. The van der Waals surface area contributed by atoms with E-state index in [1.54, 1.807) is 0 Å². The molecule has 0 saturated heterocycles. The Kier molecular flexibility index (Phi) is 5.24. The third kappa shape index (κ3) is 6.99. The van der Waals surface area contributed by atoms with E-state index in [4.69, 9.17) is 16.2 Å². The van der Waals surface area contributed by atoms with E-state index in [1.165, 1.54) is 0 Å². The molecule has 0 unspecified atom stereocenters. The van der Waals surface area contributed by atoms with Gasteiger partial charge in [0.25, 0.3) is 0 Å². The Morgan fingerprint density at radius 3 is 1.58 bits per heavy atom. The van der Waals surface area contributed by atoms with Crippen molar-refractivity contribution in [1.29, 1.82) is 0 Å². The summed E-state index contributed by atoms with van der Waals surface area (Å²) in [5, 5.41) is 0. The van der Waals surface area contributed by atoms with E-state index in [2.05, 4.69) is 0 Å². The molecule has 2 aromatic carbocycles. The van der Waals surface area contributed by atoms with Crippen LogP contribution in [0.4, 0.5) is 11.4 Å². The highest BCUT2D eigenvalue weighted by molar-refractivity contribution is 5.41. The maximum absolute atomic E-state index is 5.60. The Balaban J connectivity index is 0.000000218. The number of nitrogen functional groups attached to an aromatic ring is 2. The molecule has 0 aliphatic rings. The van der Waals surface area contributed by atoms with Gasteiger partial charge in [0, 0.05) is 11.4 Å². The molecule has 0 radical (unpaired) electrons. The van der Waals surface area contributed by atoms with Crippen molar-refractivity contribution in [2.45, 2.75) is 26.4 Å². The second-order valence-corrected chi connectivity index (χ2v) is 5.19. The summed E-state index contributed by atoms with van der Waals surface area (Å²) in [7, 11) is 0. The van der Waals surface area contributed by atoms with Crippen LogP contribution >= 0.6 is 0 Å². The lowest BCUT2D eigenvalue weighted by atomic mass is 10.2. The van der Waals surface area contributed by atoms with Gasteiger partial charge in [0.2, 0.25) is 0 Å². The molecule has 0 amide bonds. The lowest BCUT2D eigenvalue weighted by Gasteiger charge is -2.21. The molecule has 19 heavy (non-hydrogen) atoms. The summed E-state index contributed by atoms with van der Waals surface area (Å²) >= 11 is 0. The van der Waals surface area contributed by atoms with Gasteiger partial charge in [-0.15, -0.1) is 0 Å². The van der Waals surface area contributed by atoms with Crippen molar-refractivity contribution in [3.8, 4) is 5.75 Å². The predicted octanol–water partition coefficient (Wildman–Crippen LogP) is 3.71. The molecule has 0 aromatic heterocycles. The Morgan fingerprint density at radius 2 is 1.21 bits per heavy atom. The van der Waals surface area contributed by atoms with Gasteiger partial charge in [0.1, 0.15) is 11.4 Å². The summed E-state index contributed by atoms with van der Waals surface area (Å²) in [4.78, 5) is 0. The second-order valence-electron chi connectivity index (χ2n) is 5.19. The summed E-state index contributed by atoms with van der Waals surface area (Å²) in [6.45, 7) is 6.05. The van der Waals surface area contributed by atoms with Gasteiger partial charge in [0.15, 0.2) is 0 Å². The van der Waals surface area contributed by atoms with Crippen molar-refractivity contribution in [3.63, 3.8) is 0 Å². The summed E-state index contributed by atoms with van der Waals surface area (Å²) < 4.78 is 5.60. The van der Waals surface area contributed by atoms with Crippen molar-refractivity contribution in [1.82, 2.24) is 0 Å². The van der Waals surface area contributed by atoms with Gasteiger partial charge in [-0.1, -0.05) is 18.2 Å². The highest BCUT2D eigenvalue weighted by atomic mass is 16.5. The first-order valence-electron chi connectivity index (χ1n) is 6.22. The van der Waals surface area contributed by atoms with E-state index in [0.717, 1.165) is 17.1 Å². The molecule has 0 fully saturated rings. The molecule has 0 heterocycles. The first-order chi connectivity index (χ1) is 8.87. The topological polar surface area (TPSA) is 61.3 Å². The monoisotopic (exact) mass is 258 g/mol. The summed E-state index contributed by atoms with van der Waals surface area (Å²) in [5.41, 5.74) is 12.3. The fourth-order valence-electron chi connectivity index (χ4n) is 1.34. The van der Waals surface area contributed by atoms with Crippen molar-refractivity contribution in [3.05, 3.63) is 54.6 Å². The van der Waals surface area contributed by atoms with Crippen LogP contribution in [0.5, 0.6) is 5.75 Å². The smallest absolute Gasteiger partial charge is 0.120 e. The number of rotatable bonds is 1. The maximum Gasteiger partial charge on any atom is 0.120 e. The molecule has 0 aliphatic carbocycles. The van der Waals surface area contributed by atoms with Gasteiger partial charge in [0.05, 0.1) is 0 Å². The van der Waals surface area contributed by atoms with E-state index < -0.39 is 0 Å². The fraction of sp³-hybridized carbons (Fsp3) is 0.250. The third-order valence-corrected chi connectivity index (χ3v) is 2.10. The van der Waals surface area contributed by atoms with Crippen LogP contribution in [0.15, 0.2) is 54.6 Å². The molecule has 102 valence electrons. The van der Waals surface area contributed by atoms with Crippen molar-refractivity contribution < 1.29 is 4.74 Å². The number of hydrogen-bond donors (Lipinski definition) is 2. The highest BCUT2D eigenvalue weighted by Gasteiger charge is 2.10. The quantitative estimate of drug-likeness (QED) is 0.766. The van der Waals surface area contributed by atoms with Crippen LogP contribution in [-0.2, 0) is 0 Å². The van der Waals surface area contributed by atoms with Crippen LogP contribution in [0.25, 0.3) is 0 Å². The summed E-state index contributed by atoms with van der Waals surface area (Å²) in [6.07, 6.45) is 0. The zero-order valence-electron chi connectivity index (χ0n) is 11.8. The minimum absolute atomic E-state index is 0.143. The van der Waals surface area contributed by atoms with E-state index >= 15 is 0 Å². The maximum atomic E-state index is 5.60. The number of anilines is 2. The molecular formula is C16H22N2O. The highest BCUT2D eigenvalue weighted by Crippen LogP contribution is 2.18. The van der Waals surface area contributed by atoms with Crippen molar-refractivity contribution in [2.75, 3.05) is 11.5 Å². The van der Waals surface area contributed by atoms with Gasteiger partial charge in [-0.3, -0.25) is 0 Å². The largest absolute Gasteiger partial charge is 0.488 e. The summed E-state index contributed by atoms with van der Waals surface area (Å²) in [5.74, 6) is 0.858. The van der Waals surface area contributed by atoms with Crippen molar-refractivity contribution >= 4 is 11.4 Å². The molecule has 0 saturated carbocycles. The number of nitrogens with two attached hydrogens (primary N) is 2. The second kappa shape index (κ2) is 6.69. The van der Waals surface area contributed by atoms with Crippen LogP contribution in [0, 0.1) is 0 Å². The molecule has 0 atom stereocenters. The van der Waals surface area contributed by atoms with Gasteiger partial charge >= 0.3 is 0 Å². The Hall–Kier alpha value is -2.16. The van der Waals surface area contributed by atoms with E-state index in [-0.39, 0.29) is 5.60 Å². The fourth-order valence-corrected chi connectivity index (χ4v) is 1.34. The van der Waals surface area contributed by atoms with Crippen LogP contribution in [0.3, 0.4) is 0 Å². The average molecular weight is 258 g/mol. The van der Waals surface area contributed by atoms with E-state index in [9.17, 15) is 0 Å². The molecule has 0 aliphatic heterocycles. The van der Waals surface area contributed by atoms with E-state index in [1.807, 2.05) is 75.4 Å². The minimum atomic E-state index is -0.143. The van der Waals surface area contributed by atoms with Gasteiger partial charge in [-0.25, -0.2) is 0 Å². The van der Waals surface area contributed by atoms with Crippen LogP contribution in [0.1, 0.15) is 20.8 Å². The number of hydrogen-bond acceptors (Lipinski definition) is 3. The van der Waals surface area contributed by atoms with Crippen LogP contribution in [0.2, 0.25) is 0 Å². The minimum Gasteiger partial charge on any atom is -0.488 e. The van der Waals surface area contributed by atoms with Gasteiger partial charge in [-0.05, 0) is 57.2 Å². The Labute approximate surface area is 115 Å². The zero-order valence-corrected chi connectivity index (χ0v) is 11.8. The first kappa shape index (κ1) is 14.9. The SMILES string of the molecule is CC(C)(C)Oc1ccc(N)cc1.Nc1ccccc1. The van der Waals surface area contributed by atoms with Crippen molar-refractivity contribution in [2.24, 2.45) is 0 Å². The molecule has 2 rings (SSSR count). The lowest BCUT2D eigenvalue weighted by molar-refractivity contribution is 0.131. The standard InChI is InChI=1S/C10H15NO.C6H7N/c1-10(2,3)12-9-6-4-8(11)5-7-9;7-6-4-2-1-3-5-6/h4-7H,11H2,1-3H3;1-5H,7H2. The summed E-state index contributed by atoms with van der Waals surface area (Å²) in [6, 6.07) is 16.9. The molecule has 0 bridgehead atoms. The van der Waals surface area contributed by atoms with Crippen LogP contribution in [-0.4, -0.2) is 5.60 Å².